The fraction of sp³-hybridized carbons (Fsp3) is 0.727. The molecular formula is C11H20O2. The zero-order valence-corrected chi connectivity index (χ0v) is 9.04. The van der Waals surface area contributed by atoms with Crippen molar-refractivity contribution in [2.45, 2.75) is 39.2 Å². The summed E-state index contributed by atoms with van der Waals surface area (Å²) in [5.74, 6) is 0.606. The van der Waals surface area contributed by atoms with E-state index in [1.165, 1.54) is 6.08 Å². The lowest BCUT2D eigenvalue weighted by Gasteiger charge is -2.28. The Morgan fingerprint density at radius 2 is 2.08 bits per heavy atom. The molecule has 76 valence electrons. The molecule has 0 fully saturated rings. The van der Waals surface area contributed by atoms with Crippen LogP contribution in [0.3, 0.4) is 0 Å². The van der Waals surface area contributed by atoms with Gasteiger partial charge in [0.15, 0.2) is 0 Å². The number of carbonyl (C=O) groups is 1. The molecule has 13 heavy (non-hydrogen) atoms. The Bertz CT molecular complexity index is 173. The molecule has 0 N–H and O–H groups in total. The van der Waals surface area contributed by atoms with Crippen LogP contribution in [0.4, 0.5) is 0 Å². The predicted octanol–water partition coefficient (Wildman–Crippen LogP) is 2.58. The maximum Gasteiger partial charge on any atom is 0.142 e. The van der Waals surface area contributed by atoms with Crippen LogP contribution in [0.5, 0.6) is 0 Å². The highest BCUT2D eigenvalue weighted by Crippen LogP contribution is 2.24. The molecule has 2 nitrogen and oxygen atoms in total. The second-order valence-electron chi connectivity index (χ2n) is 4.02. The maximum absolute atomic E-state index is 10.1. The predicted molar refractivity (Wildman–Crippen MR) is 54.7 cm³/mol. The van der Waals surface area contributed by atoms with Gasteiger partial charge in [0.2, 0.25) is 0 Å². The molecule has 0 radical (unpaired) electrons. The van der Waals surface area contributed by atoms with Crippen LogP contribution < -0.4 is 0 Å². The van der Waals surface area contributed by atoms with E-state index in [-0.39, 0.29) is 5.60 Å². The number of aldehydes is 1. The van der Waals surface area contributed by atoms with Crippen LogP contribution >= 0.6 is 0 Å². The molecular weight excluding hydrogens is 164 g/mol. The summed E-state index contributed by atoms with van der Waals surface area (Å²) in [4.78, 5) is 10.1. The van der Waals surface area contributed by atoms with Gasteiger partial charge in [0.05, 0.1) is 5.60 Å². The lowest BCUT2D eigenvalue weighted by atomic mass is 9.91. The van der Waals surface area contributed by atoms with Gasteiger partial charge in [0.25, 0.3) is 0 Å². The molecule has 0 aliphatic carbocycles. The smallest absolute Gasteiger partial charge is 0.142 e. The Morgan fingerprint density at radius 3 is 2.46 bits per heavy atom. The molecule has 0 saturated heterocycles. The van der Waals surface area contributed by atoms with Gasteiger partial charge in [-0.15, -0.1) is 0 Å². The van der Waals surface area contributed by atoms with Gasteiger partial charge in [-0.05, 0) is 31.8 Å². The van der Waals surface area contributed by atoms with Crippen molar-refractivity contribution in [1.29, 1.82) is 0 Å². The van der Waals surface area contributed by atoms with Crippen LogP contribution in [0.25, 0.3) is 0 Å². The van der Waals surface area contributed by atoms with Crippen LogP contribution in [-0.2, 0) is 9.53 Å². The van der Waals surface area contributed by atoms with Crippen molar-refractivity contribution < 1.29 is 9.53 Å². The molecule has 2 heteroatoms. The molecule has 0 aliphatic rings. The summed E-state index contributed by atoms with van der Waals surface area (Å²) in [6.45, 7) is 6.41. The molecule has 0 spiro atoms. The van der Waals surface area contributed by atoms with Crippen molar-refractivity contribution in [3.8, 4) is 0 Å². The van der Waals surface area contributed by atoms with Crippen LogP contribution in [0.1, 0.15) is 33.6 Å². The number of carbonyl (C=O) groups excluding carboxylic acids is 1. The van der Waals surface area contributed by atoms with Crippen LogP contribution in [0.15, 0.2) is 12.2 Å². The first-order valence-electron chi connectivity index (χ1n) is 4.69. The first kappa shape index (κ1) is 12.4. The largest absolute Gasteiger partial charge is 0.378 e. The van der Waals surface area contributed by atoms with Gasteiger partial charge < -0.3 is 4.74 Å². The van der Waals surface area contributed by atoms with E-state index in [9.17, 15) is 4.79 Å². The molecule has 0 aromatic heterocycles. The van der Waals surface area contributed by atoms with E-state index in [0.29, 0.717) is 5.92 Å². The fourth-order valence-corrected chi connectivity index (χ4v) is 1.49. The molecule has 0 heterocycles. The van der Waals surface area contributed by atoms with Crippen molar-refractivity contribution in [1.82, 2.24) is 0 Å². The topological polar surface area (TPSA) is 26.3 Å². The van der Waals surface area contributed by atoms with Gasteiger partial charge in [-0.1, -0.05) is 19.9 Å². The highest BCUT2D eigenvalue weighted by atomic mass is 16.5. The Kier molecular flexibility index (Phi) is 5.63. The zero-order chi connectivity index (χ0) is 10.3. The van der Waals surface area contributed by atoms with Gasteiger partial charge in [-0.3, -0.25) is 4.79 Å². The summed E-state index contributed by atoms with van der Waals surface area (Å²) >= 11 is 0. The van der Waals surface area contributed by atoms with Crippen molar-refractivity contribution in [2.75, 3.05) is 7.11 Å². The average molecular weight is 184 g/mol. The summed E-state index contributed by atoms with van der Waals surface area (Å²) in [7, 11) is 1.72. The van der Waals surface area contributed by atoms with Crippen LogP contribution in [0.2, 0.25) is 0 Å². The number of rotatable bonds is 6. The molecule has 1 atom stereocenters. The normalized spacial score (nSPS) is 16.4. The van der Waals surface area contributed by atoms with E-state index >= 15 is 0 Å². The SMILES string of the molecule is COC(C)(CC=CC=O)CC(C)C. The standard InChI is InChI=1S/C11H20O2/c1-10(2)9-11(3,13-4)7-5-6-8-12/h5-6,8,10H,7,9H2,1-4H3. The van der Waals surface area contributed by atoms with Gasteiger partial charge in [0.1, 0.15) is 6.29 Å². The Hall–Kier alpha value is -0.630. The minimum Gasteiger partial charge on any atom is -0.378 e. The zero-order valence-electron chi connectivity index (χ0n) is 9.04. The molecule has 0 saturated carbocycles. The van der Waals surface area contributed by atoms with Gasteiger partial charge in [0, 0.05) is 7.11 Å². The molecule has 0 bridgehead atoms. The number of allylic oxidation sites excluding steroid dienone is 1. The molecule has 0 aromatic rings. The quantitative estimate of drug-likeness (QED) is 0.468. The van der Waals surface area contributed by atoms with Crippen molar-refractivity contribution in [3.63, 3.8) is 0 Å². The third-order valence-electron chi connectivity index (χ3n) is 2.10. The highest BCUT2D eigenvalue weighted by Gasteiger charge is 2.22. The second-order valence-corrected chi connectivity index (χ2v) is 4.02. The van der Waals surface area contributed by atoms with Crippen molar-refractivity contribution in [2.24, 2.45) is 5.92 Å². The van der Waals surface area contributed by atoms with E-state index in [0.717, 1.165) is 19.1 Å². The highest BCUT2D eigenvalue weighted by molar-refractivity contribution is 5.64. The van der Waals surface area contributed by atoms with Crippen LogP contribution in [0, 0.1) is 5.92 Å². The first-order chi connectivity index (χ1) is 6.04. The number of hydrogen-bond acceptors (Lipinski definition) is 2. The second kappa shape index (κ2) is 5.92. The summed E-state index contributed by atoms with van der Waals surface area (Å²) < 4.78 is 5.43. The van der Waals surface area contributed by atoms with Gasteiger partial charge in [-0.25, -0.2) is 0 Å². The van der Waals surface area contributed by atoms with E-state index in [1.807, 2.05) is 6.08 Å². The van der Waals surface area contributed by atoms with Gasteiger partial charge in [-0.2, -0.15) is 0 Å². The van der Waals surface area contributed by atoms with E-state index in [2.05, 4.69) is 20.8 Å². The van der Waals surface area contributed by atoms with Gasteiger partial charge >= 0.3 is 0 Å². The average Bonchev–Trinajstić information content (AvgIpc) is 2.04. The summed E-state index contributed by atoms with van der Waals surface area (Å²) in [5.41, 5.74) is -0.131. The Labute approximate surface area is 81.0 Å². The Balaban J connectivity index is 4.10. The van der Waals surface area contributed by atoms with Crippen molar-refractivity contribution in [3.05, 3.63) is 12.2 Å². The fourth-order valence-electron chi connectivity index (χ4n) is 1.49. The molecule has 0 aliphatic heterocycles. The number of hydrogen-bond donors (Lipinski definition) is 0. The van der Waals surface area contributed by atoms with Crippen molar-refractivity contribution >= 4 is 6.29 Å². The number of ether oxygens (including phenoxy) is 1. The summed E-state index contributed by atoms with van der Waals surface area (Å²) in [5, 5.41) is 0. The first-order valence-corrected chi connectivity index (χ1v) is 4.69. The number of methoxy groups -OCH3 is 1. The van der Waals surface area contributed by atoms with E-state index in [4.69, 9.17) is 4.74 Å². The molecule has 0 amide bonds. The molecule has 0 rings (SSSR count). The summed E-state index contributed by atoms with van der Waals surface area (Å²) in [6.07, 6.45) is 5.98. The lowest BCUT2D eigenvalue weighted by Crippen LogP contribution is -2.28. The Morgan fingerprint density at radius 1 is 1.46 bits per heavy atom. The van der Waals surface area contributed by atoms with E-state index in [1.54, 1.807) is 7.11 Å². The maximum atomic E-state index is 10.1. The minimum absolute atomic E-state index is 0.131. The molecule has 0 aromatic carbocycles. The molecule has 1 unspecified atom stereocenters. The monoisotopic (exact) mass is 184 g/mol. The van der Waals surface area contributed by atoms with Crippen LogP contribution in [-0.4, -0.2) is 19.0 Å². The minimum atomic E-state index is -0.131. The third-order valence-corrected chi connectivity index (χ3v) is 2.10. The lowest BCUT2D eigenvalue weighted by molar-refractivity contribution is -0.104. The third kappa shape index (κ3) is 5.58. The summed E-state index contributed by atoms with van der Waals surface area (Å²) in [6, 6.07) is 0. The van der Waals surface area contributed by atoms with E-state index < -0.39 is 0 Å².